The van der Waals surface area contributed by atoms with Crippen molar-refractivity contribution in [1.82, 2.24) is 0 Å². The van der Waals surface area contributed by atoms with Gasteiger partial charge in [-0.05, 0) is 43.3 Å². The molecule has 1 aliphatic rings. The lowest BCUT2D eigenvalue weighted by molar-refractivity contribution is -0.148. The second-order valence-electron chi connectivity index (χ2n) is 6.48. The van der Waals surface area contributed by atoms with E-state index in [0.29, 0.717) is 17.8 Å². The first-order chi connectivity index (χ1) is 13.0. The molecule has 1 N–H and O–H groups in total. The van der Waals surface area contributed by atoms with Gasteiger partial charge in [-0.15, -0.1) is 11.3 Å². The summed E-state index contributed by atoms with van der Waals surface area (Å²) in [4.78, 5) is 39.4. The summed E-state index contributed by atoms with van der Waals surface area (Å²) >= 11 is 1.66. The van der Waals surface area contributed by atoms with Crippen LogP contribution in [0.5, 0.6) is 0 Å². The van der Waals surface area contributed by atoms with Crippen LogP contribution in [0.15, 0.2) is 41.8 Å². The minimum Gasteiger partial charge on any atom is -0.456 e. The Morgan fingerprint density at radius 1 is 1.26 bits per heavy atom. The van der Waals surface area contributed by atoms with E-state index in [1.165, 1.54) is 9.78 Å². The topological polar surface area (TPSA) is 75.7 Å². The number of nitrogens with one attached hydrogen (secondary N) is 1. The third-order valence-corrected chi connectivity index (χ3v) is 5.30. The van der Waals surface area contributed by atoms with Gasteiger partial charge in [0.15, 0.2) is 6.61 Å². The molecule has 2 aromatic rings. The number of aryl methyl sites for hydroxylation is 1. The summed E-state index contributed by atoms with van der Waals surface area (Å²) in [6.45, 7) is 1.48. The summed E-state index contributed by atoms with van der Waals surface area (Å²) in [6, 6.07) is 10.8. The molecule has 0 unspecified atom stereocenters. The van der Waals surface area contributed by atoms with E-state index < -0.39 is 0 Å². The van der Waals surface area contributed by atoms with Crippen molar-refractivity contribution in [3.05, 3.63) is 46.7 Å². The van der Waals surface area contributed by atoms with Crippen molar-refractivity contribution in [2.75, 3.05) is 16.8 Å². The summed E-state index contributed by atoms with van der Waals surface area (Å²) in [6.07, 6.45) is 1.98. The third kappa shape index (κ3) is 4.95. The van der Waals surface area contributed by atoms with Crippen LogP contribution in [0.4, 0.5) is 11.4 Å². The van der Waals surface area contributed by atoms with Gasteiger partial charge in [-0.25, -0.2) is 0 Å². The first kappa shape index (κ1) is 19.1. The number of nitrogens with zero attached hydrogens (tertiary/aromatic N) is 1. The fourth-order valence-corrected chi connectivity index (χ4v) is 3.86. The summed E-state index contributed by atoms with van der Waals surface area (Å²) in [7, 11) is 0. The molecule has 0 saturated heterocycles. The lowest BCUT2D eigenvalue weighted by Gasteiger charge is -2.27. The van der Waals surface area contributed by atoms with Crippen LogP contribution in [-0.2, 0) is 25.5 Å². The normalized spacial score (nSPS) is 16.3. The number of benzene rings is 1. The van der Waals surface area contributed by atoms with Gasteiger partial charge in [-0.2, -0.15) is 0 Å². The van der Waals surface area contributed by atoms with E-state index in [-0.39, 0.29) is 43.3 Å². The number of ether oxygens (including phenoxy) is 1. The Kier molecular flexibility index (Phi) is 6.24. The maximum atomic E-state index is 12.7. The van der Waals surface area contributed by atoms with Crippen molar-refractivity contribution in [2.45, 2.75) is 38.6 Å². The Hall–Kier alpha value is -2.67. The number of hydrogen-bond acceptors (Lipinski definition) is 5. The Morgan fingerprint density at radius 3 is 2.85 bits per heavy atom. The zero-order valence-corrected chi connectivity index (χ0v) is 16.0. The van der Waals surface area contributed by atoms with Crippen LogP contribution in [0.25, 0.3) is 0 Å². The second-order valence-corrected chi connectivity index (χ2v) is 7.51. The van der Waals surface area contributed by atoms with Crippen molar-refractivity contribution in [2.24, 2.45) is 0 Å². The molecule has 142 valence electrons. The quantitative estimate of drug-likeness (QED) is 0.772. The standard InChI is InChI=1S/C20H22N2O4S/c1-14-12-18(23)21-16-8-2-3-9-17(16)22(14)19(24)13-26-20(25)10-4-6-15-7-5-11-27-15/h2-3,5,7-9,11,14H,4,6,10,12-13H2,1H3,(H,21,23)/t14-/m1/s1. The molecule has 3 rings (SSSR count). The van der Waals surface area contributed by atoms with Crippen molar-refractivity contribution < 1.29 is 19.1 Å². The highest BCUT2D eigenvalue weighted by Crippen LogP contribution is 2.31. The number of amides is 2. The highest BCUT2D eigenvalue weighted by molar-refractivity contribution is 7.09. The maximum Gasteiger partial charge on any atom is 0.306 e. The largest absolute Gasteiger partial charge is 0.456 e. The van der Waals surface area contributed by atoms with E-state index in [2.05, 4.69) is 5.32 Å². The number of fused-ring (bicyclic) bond motifs is 1. The Balaban J connectivity index is 1.56. The van der Waals surface area contributed by atoms with Crippen LogP contribution in [0.1, 0.15) is 31.1 Å². The van der Waals surface area contributed by atoms with E-state index in [0.717, 1.165) is 6.42 Å². The van der Waals surface area contributed by atoms with Gasteiger partial charge in [0.25, 0.3) is 5.91 Å². The second kappa shape index (κ2) is 8.81. The fourth-order valence-electron chi connectivity index (χ4n) is 3.11. The lowest BCUT2D eigenvalue weighted by atomic mass is 10.1. The SMILES string of the molecule is C[C@@H]1CC(=O)Nc2ccccc2N1C(=O)COC(=O)CCCc1cccs1. The van der Waals surface area contributed by atoms with Gasteiger partial charge in [0, 0.05) is 23.8 Å². The molecular weight excluding hydrogens is 364 g/mol. The molecule has 0 spiro atoms. The number of rotatable bonds is 6. The van der Waals surface area contributed by atoms with Crippen LogP contribution in [-0.4, -0.2) is 30.4 Å². The summed E-state index contributed by atoms with van der Waals surface area (Å²) in [5, 5.41) is 4.81. The van der Waals surface area contributed by atoms with E-state index >= 15 is 0 Å². The molecule has 7 heteroatoms. The number of esters is 1. The van der Waals surface area contributed by atoms with Gasteiger partial charge in [0.1, 0.15) is 0 Å². The highest BCUT2D eigenvalue weighted by atomic mass is 32.1. The average molecular weight is 386 g/mol. The van der Waals surface area contributed by atoms with E-state index in [4.69, 9.17) is 4.74 Å². The molecule has 27 heavy (non-hydrogen) atoms. The van der Waals surface area contributed by atoms with Crippen LogP contribution >= 0.6 is 11.3 Å². The molecule has 6 nitrogen and oxygen atoms in total. The Morgan fingerprint density at radius 2 is 2.07 bits per heavy atom. The molecule has 2 heterocycles. The average Bonchev–Trinajstić information content (AvgIpc) is 3.10. The van der Waals surface area contributed by atoms with E-state index in [9.17, 15) is 14.4 Å². The molecule has 1 aliphatic heterocycles. The van der Waals surface area contributed by atoms with Gasteiger partial charge in [-0.1, -0.05) is 18.2 Å². The van der Waals surface area contributed by atoms with Crippen molar-refractivity contribution in [3.8, 4) is 0 Å². The van der Waals surface area contributed by atoms with Gasteiger partial charge < -0.3 is 15.0 Å². The molecule has 0 saturated carbocycles. The fraction of sp³-hybridized carbons (Fsp3) is 0.350. The van der Waals surface area contributed by atoms with Gasteiger partial charge in [0.05, 0.1) is 11.4 Å². The summed E-state index contributed by atoms with van der Waals surface area (Å²) in [5.74, 6) is -0.862. The first-order valence-corrected chi connectivity index (χ1v) is 9.81. The first-order valence-electron chi connectivity index (χ1n) is 8.93. The summed E-state index contributed by atoms with van der Waals surface area (Å²) < 4.78 is 5.18. The van der Waals surface area contributed by atoms with Gasteiger partial charge in [-0.3, -0.25) is 14.4 Å². The number of para-hydroxylation sites is 2. The Bertz CT molecular complexity index is 819. The smallest absolute Gasteiger partial charge is 0.306 e. The monoisotopic (exact) mass is 386 g/mol. The van der Waals surface area contributed by atoms with Crippen molar-refractivity contribution >= 4 is 40.5 Å². The van der Waals surface area contributed by atoms with Gasteiger partial charge in [0.2, 0.25) is 5.91 Å². The summed E-state index contributed by atoms with van der Waals surface area (Å²) in [5.41, 5.74) is 1.21. The Labute approximate surface area is 162 Å². The molecule has 1 aromatic carbocycles. The predicted octanol–water partition coefficient (Wildman–Crippen LogP) is 3.38. The van der Waals surface area contributed by atoms with Crippen LogP contribution in [0.3, 0.4) is 0 Å². The number of anilines is 2. The molecule has 0 aliphatic carbocycles. The van der Waals surface area contributed by atoms with Crippen molar-refractivity contribution in [1.29, 1.82) is 0 Å². The maximum absolute atomic E-state index is 12.7. The molecule has 2 amide bonds. The number of carbonyl (C=O) groups excluding carboxylic acids is 3. The molecule has 1 atom stereocenters. The van der Waals surface area contributed by atoms with E-state index in [1.54, 1.807) is 35.6 Å². The third-order valence-electron chi connectivity index (χ3n) is 4.37. The van der Waals surface area contributed by atoms with Crippen LogP contribution in [0.2, 0.25) is 0 Å². The minimum absolute atomic E-state index is 0.143. The zero-order valence-electron chi connectivity index (χ0n) is 15.1. The van der Waals surface area contributed by atoms with Crippen LogP contribution in [0, 0.1) is 0 Å². The zero-order chi connectivity index (χ0) is 19.2. The molecule has 1 aromatic heterocycles. The number of hydrogen-bond donors (Lipinski definition) is 1. The highest BCUT2D eigenvalue weighted by Gasteiger charge is 2.29. The van der Waals surface area contributed by atoms with Gasteiger partial charge >= 0.3 is 5.97 Å². The molecular formula is C20H22N2O4S. The minimum atomic E-state index is -0.384. The molecule has 0 bridgehead atoms. The lowest BCUT2D eigenvalue weighted by Crippen LogP contribution is -2.41. The van der Waals surface area contributed by atoms with Crippen LogP contribution < -0.4 is 10.2 Å². The number of thiophene rings is 1. The van der Waals surface area contributed by atoms with E-state index in [1.807, 2.05) is 24.4 Å². The molecule has 0 radical (unpaired) electrons. The molecule has 0 fully saturated rings. The number of carbonyl (C=O) groups is 3. The predicted molar refractivity (Wildman–Crippen MR) is 105 cm³/mol. The van der Waals surface area contributed by atoms with Crippen molar-refractivity contribution in [3.63, 3.8) is 0 Å².